The van der Waals surface area contributed by atoms with Gasteiger partial charge in [0.1, 0.15) is 22.7 Å². The third kappa shape index (κ3) is 3.78. The molecular weight excluding hydrogens is 410 g/mol. The Morgan fingerprint density at radius 1 is 0.968 bits per heavy atom. The van der Waals surface area contributed by atoms with Gasteiger partial charge < -0.3 is 20.1 Å². The molecule has 3 heterocycles. The molecule has 0 saturated carbocycles. The van der Waals surface area contributed by atoms with Crippen LogP contribution in [0.4, 0.5) is 11.4 Å². The summed E-state index contributed by atoms with van der Waals surface area (Å²) in [6, 6.07) is 17.8. The zero-order valence-corrected chi connectivity index (χ0v) is 17.5. The Morgan fingerprint density at radius 2 is 1.77 bits per heavy atom. The van der Waals surface area contributed by atoms with Gasteiger partial charge in [-0.15, -0.1) is 0 Å². The molecule has 4 aromatic rings. The first-order valence-corrected chi connectivity index (χ1v) is 10.5. The van der Waals surface area contributed by atoms with Crippen molar-refractivity contribution in [2.45, 2.75) is 10.4 Å². The van der Waals surface area contributed by atoms with E-state index in [2.05, 4.69) is 32.0 Å². The Morgan fingerprint density at radius 3 is 2.61 bits per heavy atom. The minimum atomic E-state index is -0.170. The highest BCUT2D eigenvalue weighted by Gasteiger charge is 2.28. The highest BCUT2D eigenvalue weighted by atomic mass is 32.2. The van der Waals surface area contributed by atoms with E-state index in [4.69, 9.17) is 15.2 Å². The summed E-state index contributed by atoms with van der Waals surface area (Å²) in [5.41, 5.74) is 9.63. The van der Waals surface area contributed by atoms with E-state index in [0.717, 1.165) is 16.9 Å². The predicted octanol–water partition coefficient (Wildman–Crippen LogP) is 4.83. The molecule has 5 rings (SSSR count). The molecule has 0 bridgehead atoms. The number of pyridine rings is 1. The summed E-state index contributed by atoms with van der Waals surface area (Å²) in [4.78, 5) is 16.3. The third-order valence-corrected chi connectivity index (χ3v) is 5.89. The molecule has 1 atom stereocenters. The maximum Gasteiger partial charge on any atom is 0.246 e. The first-order chi connectivity index (χ1) is 15.2. The lowest BCUT2D eigenvalue weighted by molar-refractivity contribution is 0.413. The van der Waals surface area contributed by atoms with E-state index in [0.29, 0.717) is 23.1 Å². The van der Waals surface area contributed by atoms with Crippen molar-refractivity contribution in [2.75, 3.05) is 12.0 Å². The molecule has 0 aliphatic carbocycles. The number of benzene rings is 2. The van der Waals surface area contributed by atoms with Gasteiger partial charge in [0.05, 0.1) is 19.0 Å². The van der Waals surface area contributed by atoms with Crippen molar-refractivity contribution in [3.8, 4) is 28.6 Å². The number of nitrogens with two attached hydrogens (primary N) is 1. The number of nitrogens with zero attached hydrogens (tertiary/aromatic N) is 4. The van der Waals surface area contributed by atoms with Crippen LogP contribution in [0.15, 0.2) is 84.3 Å². The first-order valence-electron chi connectivity index (χ1n) is 9.62. The number of rotatable bonds is 5. The van der Waals surface area contributed by atoms with Crippen LogP contribution in [-0.2, 0) is 0 Å². The molecular formula is C23H19N5O2S. The first kappa shape index (κ1) is 19.3. The van der Waals surface area contributed by atoms with Gasteiger partial charge in [0.2, 0.25) is 5.88 Å². The molecule has 2 aromatic heterocycles. The number of fused-ring (bicyclic) bond motifs is 1. The molecule has 1 unspecified atom stereocenters. The highest BCUT2D eigenvalue weighted by molar-refractivity contribution is 8.00. The number of thioether (sulfide) groups is 1. The maximum absolute atomic E-state index is 6.35. The molecule has 2 N–H and O–H groups in total. The molecule has 0 fully saturated rings. The zero-order valence-electron chi connectivity index (χ0n) is 16.7. The van der Waals surface area contributed by atoms with E-state index in [1.54, 1.807) is 43.7 Å². The number of para-hydroxylation sites is 1. The average molecular weight is 430 g/mol. The fourth-order valence-corrected chi connectivity index (χ4v) is 4.45. The Hall–Kier alpha value is -3.62. The molecule has 31 heavy (non-hydrogen) atoms. The van der Waals surface area contributed by atoms with E-state index in [-0.39, 0.29) is 5.50 Å². The minimum Gasteiger partial charge on any atom is -0.495 e. The molecule has 0 saturated heterocycles. The van der Waals surface area contributed by atoms with Crippen LogP contribution in [0.3, 0.4) is 0 Å². The van der Waals surface area contributed by atoms with Gasteiger partial charge in [-0.3, -0.25) is 4.98 Å². The Kier molecular flexibility index (Phi) is 5.15. The minimum absolute atomic E-state index is 0.170. The fourth-order valence-electron chi connectivity index (χ4n) is 3.41. The molecule has 0 spiro atoms. The van der Waals surface area contributed by atoms with Crippen LogP contribution < -0.4 is 20.1 Å². The molecule has 0 radical (unpaired) electrons. The largest absolute Gasteiger partial charge is 0.495 e. The molecule has 1 aliphatic rings. The molecule has 0 amide bonds. The van der Waals surface area contributed by atoms with E-state index in [1.807, 2.05) is 42.5 Å². The number of methoxy groups -OCH3 is 1. The quantitative estimate of drug-likeness (QED) is 0.483. The molecule has 7 nitrogen and oxygen atoms in total. The summed E-state index contributed by atoms with van der Waals surface area (Å²) >= 11 is 1.64. The lowest BCUT2D eigenvalue weighted by atomic mass is 10.2. The normalized spacial score (nSPS) is 14.9. The Bertz CT molecular complexity index is 1220. The summed E-state index contributed by atoms with van der Waals surface area (Å²) in [6.45, 7) is 0. The molecule has 2 aromatic carbocycles. The standard InChI is InChI=1S/C23H19N5O2S/c1-29-18-12-15(13-25-14-18)21-22(27-11-10-26-21)30-17-8-6-16(7-9-17)28-19-4-2-3-5-20(19)31-23(28)24/h2-14,23H,24H2,1H3. The van der Waals surface area contributed by atoms with Crippen molar-refractivity contribution in [1.29, 1.82) is 0 Å². The van der Waals surface area contributed by atoms with Gasteiger partial charge in [0.15, 0.2) is 0 Å². The van der Waals surface area contributed by atoms with Crippen LogP contribution in [-0.4, -0.2) is 27.6 Å². The topological polar surface area (TPSA) is 86.4 Å². The zero-order chi connectivity index (χ0) is 21.2. The van der Waals surface area contributed by atoms with E-state index in [1.165, 1.54) is 4.90 Å². The summed E-state index contributed by atoms with van der Waals surface area (Å²) in [6.07, 6.45) is 6.55. The number of aromatic nitrogens is 3. The number of anilines is 2. The second-order valence-electron chi connectivity index (χ2n) is 6.77. The van der Waals surface area contributed by atoms with Crippen molar-refractivity contribution >= 4 is 23.1 Å². The summed E-state index contributed by atoms with van der Waals surface area (Å²) in [7, 11) is 1.60. The van der Waals surface area contributed by atoms with Crippen LogP contribution >= 0.6 is 11.8 Å². The smallest absolute Gasteiger partial charge is 0.246 e. The molecule has 154 valence electrons. The second kappa shape index (κ2) is 8.25. The van der Waals surface area contributed by atoms with Crippen molar-refractivity contribution in [3.63, 3.8) is 0 Å². The van der Waals surface area contributed by atoms with Gasteiger partial charge in [-0.1, -0.05) is 23.9 Å². The lowest BCUT2D eigenvalue weighted by Crippen LogP contribution is -2.31. The van der Waals surface area contributed by atoms with E-state index >= 15 is 0 Å². The van der Waals surface area contributed by atoms with Crippen molar-refractivity contribution in [1.82, 2.24) is 15.0 Å². The SMILES string of the molecule is COc1cncc(-c2nccnc2Oc2ccc(N3c4ccccc4SC3N)cc2)c1. The van der Waals surface area contributed by atoms with Gasteiger partial charge >= 0.3 is 0 Å². The van der Waals surface area contributed by atoms with Crippen LogP contribution in [0.5, 0.6) is 17.4 Å². The van der Waals surface area contributed by atoms with Gasteiger partial charge in [0, 0.05) is 34.7 Å². The highest BCUT2D eigenvalue weighted by Crippen LogP contribution is 2.45. The molecule has 1 aliphatic heterocycles. The van der Waals surface area contributed by atoms with Gasteiger partial charge in [-0.05, 0) is 42.5 Å². The van der Waals surface area contributed by atoms with Crippen LogP contribution in [0.2, 0.25) is 0 Å². The monoisotopic (exact) mass is 429 g/mol. The fraction of sp³-hybridized carbons (Fsp3) is 0.0870. The van der Waals surface area contributed by atoms with Crippen molar-refractivity contribution in [3.05, 3.63) is 79.4 Å². The maximum atomic E-state index is 6.35. The number of ether oxygens (including phenoxy) is 2. The lowest BCUT2D eigenvalue weighted by Gasteiger charge is -2.23. The van der Waals surface area contributed by atoms with Crippen molar-refractivity contribution in [2.24, 2.45) is 5.73 Å². The van der Waals surface area contributed by atoms with E-state index < -0.39 is 0 Å². The van der Waals surface area contributed by atoms with Gasteiger partial charge in [-0.25, -0.2) is 9.97 Å². The Labute approximate surface area is 183 Å². The van der Waals surface area contributed by atoms with Crippen molar-refractivity contribution < 1.29 is 9.47 Å². The third-order valence-electron chi connectivity index (χ3n) is 4.84. The average Bonchev–Trinajstić information content (AvgIpc) is 3.16. The number of hydrogen-bond acceptors (Lipinski definition) is 8. The summed E-state index contributed by atoms with van der Waals surface area (Å²) < 4.78 is 11.3. The van der Waals surface area contributed by atoms with Crippen LogP contribution in [0.1, 0.15) is 0 Å². The van der Waals surface area contributed by atoms with Crippen LogP contribution in [0, 0.1) is 0 Å². The molecule has 8 heteroatoms. The van der Waals surface area contributed by atoms with Gasteiger partial charge in [0.25, 0.3) is 0 Å². The van der Waals surface area contributed by atoms with Gasteiger partial charge in [-0.2, -0.15) is 0 Å². The second-order valence-corrected chi connectivity index (χ2v) is 7.92. The van der Waals surface area contributed by atoms with E-state index in [9.17, 15) is 0 Å². The predicted molar refractivity (Wildman–Crippen MR) is 121 cm³/mol. The Balaban J connectivity index is 1.41. The number of hydrogen-bond donors (Lipinski definition) is 1. The summed E-state index contributed by atoms with van der Waals surface area (Å²) in [5.74, 6) is 1.68. The summed E-state index contributed by atoms with van der Waals surface area (Å²) in [5, 5.41) is 0. The van der Waals surface area contributed by atoms with Crippen LogP contribution in [0.25, 0.3) is 11.3 Å².